The molecule has 3 atom stereocenters. The Kier molecular flexibility index (Phi) is 57.8. The predicted octanol–water partition coefficient (Wildman–Crippen LogP) is 19.1. The second-order valence-corrected chi connectivity index (χ2v) is 21.9. The summed E-state index contributed by atoms with van der Waals surface area (Å²) in [5.74, 6) is -1.52. The van der Waals surface area contributed by atoms with Crippen molar-refractivity contribution in [1.29, 1.82) is 0 Å². The number of carbonyl (C=O) groups excluding carboxylic acids is 3. The molecule has 0 saturated carbocycles. The average Bonchev–Trinajstić information content (AvgIpc) is 3.45. The van der Waals surface area contributed by atoms with Gasteiger partial charge in [0.25, 0.3) is 0 Å². The van der Waals surface area contributed by atoms with E-state index in [9.17, 15) is 28.9 Å². The van der Waals surface area contributed by atoms with E-state index in [0.717, 1.165) is 161 Å². The van der Waals surface area contributed by atoms with Crippen LogP contribution in [0.4, 0.5) is 0 Å². The first-order valence-corrected chi connectivity index (χ1v) is 32.9. The molecule has 0 aromatic rings. The van der Waals surface area contributed by atoms with E-state index >= 15 is 0 Å². The highest BCUT2D eigenvalue weighted by atomic mass is 31.2. The minimum Gasteiger partial charge on any atom is -0.462 e. The Balaban J connectivity index is 4.78. The maximum Gasteiger partial charge on any atom is 0.472 e. The van der Waals surface area contributed by atoms with Gasteiger partial charge in [-0.05, 0) is 128 Å². The van der Waals surface area contributed by atoms with Crippen LogP contribution >= 0.6 is 7.82 Å². The van der Waals surface area contributed by atoms with E-state index in [-0.39, 0.29) is 25.9 Å². The predicted molar refractivity (Wildman–Crippen MR) is 334 cm³/mol. The lowest BCUT2D eigenvalue weighted by Crippen LogP contribution is -2.30. The van der Waals surface area contributed by atoms with Crippen molar-refractivity contribution in [3.8, 4) is 0 Å². The van der Waals surface area contributed by atoms with E-state index in [4.69, 9.17) is 23.3 Å². The molecular weight excluding hydrogens is 1020 g/mol. The van der Waals surface area contributed by atoms with Gasteiger partial charge in [-0.25, -0.2) is 4.57 Å². The molecule has 80 heavy (non-hydrogen) atoms. The Morgan fingerprint density at radius 2 is 0.650 bits per heavy atom. The largest absolute Gasteiger partial charge is 0.472 e. The summed E-state index contributed by atoms with van der Waals surface area (Å²) in [5, 5.41) is 9.85. The van der Waals surface area contributed by atoms with Crippen molar-refractivity contribution in [2.24, 2.45) is 0 Å². The number of phosphoric ester groups is 1. The first-order chi connectivity index (χ1) is 39.2. The van der Waals surface area contributed by atoms with Crippen molar-refractivity contribution < 1.29 is 52.2 Å². The van der Waals surface area contributed by atoms with Gasteiger partial charge in [-0.3, -0.25) is 23.4 Å². The maximum absolute atomic E-state index is 13.0. The smallest absolute Gasteiger partial charge is 0.462 e. The first-order valence-electron chi connectivity index (χ1n) is 31.4. The lowest BCUT2D eigenvalue weighted by atomic mass is 10.1. The number of hydrogen-bond acceptors (Lipinski definition) is 10. The Morgan fingerprint density at radius 1 is 0.362 bits per heavy atom. The summed E-state index contributed by atoms with van der Waals surface area (Å²) in [5.41, 5.74) is 0. The molecule has 0 aromatic carbocycles. The lowest BCUT2D eigenvalue weighted by Gasteiger charge is -2.21. The number of hydrogen-bond donors (Lipinski definition) is 2. The first kappa shape index (κ1) is 75.9. The molecule has 12 heteroatoms. The highest BCUT2D eigenvalue weighted by Gasteiger charge is 2.28. The van der Waals surface area contributed by atoms with Crippen LogP contribution in [0.1, 0.15) is 252 Å². The van der Waals surface area contributed by atoms with Gasteiger partial charge in [0.2, 0.25) is 0 Å². The molecular formula is C68H113O11P. The van der Waals surface area contributed by atoms with Crippen LogP contribution in [-0.4, -0.2) is 66.5 Å². The molecule has 0 rings (SSSR count). The summed E-state index contributed by atoms with van der Waals surface area (Å²) in [6.45, 7) is 4.35. The van der Waals surface area contributed by atoms with Crippen LogP contribution in [0.5, 0.6) is 0 Å². The van der Waals surface area contributed by atoms with Gasteiger partial charge in [-0.1, -0.05) is 226 Å². The molecule has 0 aliphatic heterocycles. The molecule has 0 aliphatic rings. The SMILES string of the molecule is CC/C=C\C/C=C\C/C=C\C/C=C\CCCCCCC(=O)OC(COC(=O)CCCCCCCC/C=C\C/C=C\C/C=C\CCCCC)COP(=O)(O)OCC(CO)OC(=O)CCCCCCCCC/C=C\C/C=C\C/C=C\CC. The Labute approximate surface area is 487 Å². The summed E-state index contributed by atoms with van der Waals surface area (Å²) in [6, 6.07) is 0. The molecule has 0 radical (unpaired) electrons. The third kappa shape index (κ3) is 58.5. The molecule has 0 aliphatic carbocycles. The second kappa shape index (κ2) is 61.0. The summed E-state index contributed by atoms with van der Waals surface area (Å²) in [7, 11) is -4.77. The number of rotatable bonds is 57. The van der Waals surface area contributed by atoms with Crippen molar-refractivity contribution in [1.82, 2.24) is 0 Å². The average molecular weight is 1140 g/mol. The molecule has 0 amide bonds. The van der Waals surface area contributed by atoms with Crippen molar-refractivity contribution in [3.05, 3.63) is 122 Å². The second-order valence-electron chi connectivity index (χ2n) is 20.5. The summed E-state index contributed by atoms with van der Waals surface area (Å²) >= 11 is 0. The topological polar surface area (TPSA) is 155 Å². The van der Waals surface area contributed by atoms with Crippen LogP contribution in [0.2, 0.25) is 0 Å². The highest BCUT2D eigenvalue weighted by Crippen LogP contribution is 2.43. The zero-order valence-corrected chi connectivity index (χ0v) is 51.4. The molecule has 0 aromatic heterocycles. The standard InChI is InChI=1S/C68H113O11P/c1-4-7-10-13-16-19-22-25-28-31-32-35-36-39-42-45-48-51-54-57-66(70)75-61-65(79-68(72)59-56-53-50-47-44-41-38-34-30-27-24-21-18-15-12-9-6-3)63-77-80(73,74)76-62-64(60-69)78-67(71)58-55-52-49-46-43-40-37-33-29-26-23-20-17-14-11-8-5-2/h8-9,11-12,16-21,25-30,32,35,38,41,64-65,69H,4-7,10,13-15,22-24,31,33-34,36-37,39-40,42-63H2,1-3H3,(H,73,74)/b11-8-,12-9-,19-16-,20-17-,21-18-,28-25-,29-26-,30-27-,35-32-,41-38-. The van der Waals surface area contributed by atoms with Gasteiger partial charge in [0, 0.05) is 19.3 Å². The lowest BCUT2D eigenvalue weighted by molar-refractivity contribution is -0.161. The summed E-state index contributed by atoms with van der Waals surface area (Å²) < 4.78 is 39.6. The van der Waals surface area contributed by atoms with Gasteiger partial charge < -0.3 is 24.2 Å². The molecule has 11 nitrogen and oxygen atoms in total. The normalized spacial score (nSPS) is 14.1. The molecule has 0 bridgehead atoms. The number of esters is 3. The number of allylic oxidation sites excluding steroid dienone is 20. The van der Waals surface area contributed by atoms with Crippen molar-refractivity contribution >= 4 is 25.7 Å². The molecule has 0 spiro atoms. The van der Waals surface area contributed by atoms with Gasteiger partial charge in [-0.15, -0.1) is 0 Å². The zero-order chi connectivity index (χ0) is 58.3. The third-order valence-electron chi connectivity index (χ3n) is 12.8. The number of aliphatic hydroxyl groups excluding tert-OH is 1. The Bertz CT molecular complexity index is 1800. The Morgan fingerprint density at radius 3 is 1.00 bits per heavy atom. The van der Waals surface area contributed by atoms with Gasteiger partial charge in [0.1, 0.15) is 12.7 Å². The van der Waals surface area contributed by atoms with E-state index in [0.29, 0.717) is 19.3 Å². The fourth-order valence-electron chi connectivity index (χ4n) is 8.13. The molecule has 3 unspecified atom stereocenters. The maximum atomic E-state index is 13.0. The fourth-order valence-corrected chi connectivity index (χ4v) is 8.92. The quantitative estimate of drug-likeness (QED) is 0.0197. The van der Waals surface area contributed by atoms with E-state index in [2.05, 4.69) is 142 Å². The molecule has 0 saturated heterocycles. The summed E-state index contributed by atoms with van der Waals surface area (Å²) in [4.78, 5) is 48.7. The number of carbonyl (C=O) groups is 3. The van der Waals surface area contributed by atoms with Crippen molar-refractivity contribution in [2.75, 3.05) is 26.4 Å². The number of unbranched alkanes of at least 4 members (excludes halogenated alkanes) is 20. The molecule has 2 N–H and O–H groups in total. The monoisotopic (exact) mass is 1140 g/mol. The van der Waals surface area contributed by atoms with Gasteiger partial charge in [0.15, 0.2) is 6.10 Å². The van der Waals surface area contributed by atoms with Crippen LogP contribution in [0, 0.1) is 0 Å². The third-order valence-corrected chi connectivity index (χ3v) is 13.8. The van der Waals surface area contributed by atoms with Crippen molar-refractivity contribution in [3.63, 3.8) is 0 Å². The van der Waals surface area contributed by atoms with E-state index in [1.165, 1.54) is 32.1 Å². The number of ether oxygens (including phenoxy) is 3. The van der Waals surface area contributed by atoms with Crippen LogP contribution in [0.3, 0.4) is 0 Å². The zero-order valence-electron chi connectivity index (χ0n) is 50.5. The number of phosphoric acid groups is 1. The van der Waals surface area contributed by atoms with Crippen molar-refractivity contribution in [2.45, 2.75) is 264 Å². The highest BCUT2D eigenvalue weighted by molar-refractivity contribution is 7.47. The minimum atomic E-state index is -4.77. The van der Waals surface area contributed by atoms with Gasteiger partial charge in [0.05, 0.1) is 19.8 Å². The Hall–Kier alpha value is -4.12. The van der Waals surface area contributed by atoms with Crippen LogP contribution in [0.15, 0.2) is 122 Å². The van der Waals surface area contributed by atoms with E-state index in [1.54, 1.807) is 0 Å². The van der Waals surface area contributed by atoms with Gasteiger partial charge in [-0.2, -0.15) is 0 Å². The summed E-state index contributed by atoms with van der Waals surface area (Å²) in [6.07, 6.45) is 75.7. The molecule has 456 valence electrons. The molecule has 0 fully saturated rings. The van der Waals surface area contributed by atoms with Crippen LogP contribution < -0.4 is 0 Å². The molecule has 0 heterocycles. The van der Waals surface area contributed by atoms with E-state index < -0.39 is 57.8 Å². The van der Waals surface area contributed by atoms with Gasteiger partial charge >= 0.3 is 25.7 Å². The number of aliphatic hydroxyl groups is 1. The fraction of sp³-hybridized carbons (Fsp3) is 0.662. The minimum absolute atomic E-state index is 0.130. The van der Waals surface area contributed by atoms with Crippen LogP contribution in [0.25, 0.3) is 0 Å². The van der Waals surface area contributed by atoms with Crippen LogP contribution in [-0.2, 0) is 42.2 Å². The van der Waals surface area contributed by atoms with E-state index in [1.807, 2.05) is 0 Å².